The maximum Gasteiger partial charge on any atom is 0.326 e. The lowest BCUT2D eigenvalue weighted by atomic mass is 10.2. The van der Waals surface area contributed by atoms with Gasteiger partial charge in [-0.3, -0.25) is 4.79 Å². The van der Waals surface area contributed by atoms with Crippen molar-refractivity contribution in [3.05, 3.63) is 24.4 Å². The predicted molar refractivity (Wildman–Crippen MR) is 78.9 cm³/mol. The van der Waals surface area contributed by atoms with E-state index < -0.39 is 27.8 Å². The Labute approximate surface area is 127 Å². The van der Waals surface area contributed by atoms with Crippen molar-refractivity contribution in [2.75, 3.05) is 17.8 Å². The first-order valence-electron chi connectivity index (χ1n) is 6.01. The lowest BCUT2D eigenvalue weighted by Crippen LogP contribution is -2.42. The molecule has 1 atom stereocenters. The van der Waals surface area contributed by atoms with Crippen molar-refractivity contribution in [2.45, 2.75) is 17.5 Å². The molecule has 7 nitrogen and oxygen atoms in total. The fourth-order valence-corrected chi connectivity index (χ4v) is 2.73. The van der Waals surface area contributed by atoms with Crippen LogP contribution in [0.15, 0.2) is 29.4 Å². The minimum atomic E-state index is -3.27. The van der Waals surface area contributed by atoms with Crippen LogP contribution in [0.5, 0.6) is 0 Å². The fraction of sp³-hybridized carbons (Fsp3) is 0.417. The van der Waals surface area contributed by atoms with Crippen molar-refractivity contribution in [1.29, 1.82) is 0 Å². The second-order valence-electron chi connectivity index (χ2n) is 4.33. The zero-order chi connectivity index (χ0) is 15.9. The quantitative estimate of drug-likeness (QED) is 0.653. The highest BCUT2D eigenvalue weighted by molar-refractivity contribution is 7.99. The van der Waals surface area contributed by atoms with Gasteiger partial charge in [-0.25, -0.2) is 18.2 Å². The molecule has 1 rings (SSSR count). The number of rotatable bonds is 8. The summed E-state index contributed by atoms with van der Waals surface area (Å²) in [6, 6.07) is 4.04. The Kier molecular flexibility index (Phi) is 6.63. The van der Waals surface area contributed by atoms with Crippen molar-refractivity contribution in [2.24, 2.45) is 0 Å². The molecule has 2 N–H and O–H groups in total. The molecule has 1 aromatic heterocycles. The first-order chi connectivity index (χ1) is 9.78. The Balaban J connectivity index is 2.47. The van der Waals surface area contributed by atoms with Gasteiger partial charge in [-0.1, -0.05) is 17.8 Å². The molecule has 0 aromatic carbocycles. The molecule has 0 fully saturated rings. The van der Waals surface area contributed by atoms with Gasteiger partial charge in [0.2, 0.25) is 5.91 Å². The number of nitrogens with one attached hydrogen (secondary N) is 1. The van der Waals surface area contributed by atoms with Crippen molar-refractivity contribution < 1.29 is 23.1 Å². The number of sulfone groups is 1. The van der Waals surface area contributed by atoms with Crippen molar-refractivity contribution in [1.82, 2.24) is 10.3 Å². The number of aromatic nitrogens is 1. The topological polar surface area (TPSA) is 113 Å². The highest BCUT2D eigenvalue weighted by Gasteiger charge is 2.21. The van der Waals surface area contributed by atoms with Gasteiger partial charge in [-0.15, -0.1) is 0 Å². The van der Waals surface area contributed by atoms with Crippen LogP contribution in [0.2, 0.25) is 0 Å². The van der Waals surface area contributed by atoms with E-state index in [0.29, 0.717) is 5.03 Å². The third-order valence-electron chi connectivity index (χ3n) is 2.40. The molecule has 0 saturated carbocycles. The third-order valence-corrected chi connectivity index (χ3v) is 4.32. The first kappa shape index (κ1) is 17.4. The number of hydrogen-bond acceptors (Lipinski definition) is 6. The van der Waals surface area contributed by atoms with E-state index in [9.17, 15) is 18.0 Å². The van der Waals surface area contributed by atoms with E-state index in [1.807, 2.05) is 0 Å². The number of thioether (sulfide) groups is 1. The van der Waals surface area contributed by atoms with E-state index in [0.717, 1.165) is 6.26 Å². The molecule has 9 heteroatoms. The van der Waals surface area contributed by atoms with Crippen molar-refractivity contribution in [3.8, 4) is 0 Å². The molecule has 0 saturated heterocycles. The monoisotopic (exact) mass is 332 g/mol. The molecule has 0 aliphatic rings. The van der Waals surface area contributed by atoms with E-state index in [1.54, 1.807) is 24.4 Å². The Morgan fingerprint density at radius 1 is 1.43 bits per heavy atom. The van der Waals surface area contributed by atoms with Gasteiger partial charge in [-0.05, 0) is 18.6 Å². The van der Waals surface area contributed by atoms with E-state index in [4.69, 9.17) is 5.11 Å². The normalized spacial score (nSPS) is 12.6. The van der Waals surface area contributed by atoms with Gasteiger partial charge < -0.3 is 10.4 Å². The van der Waals surface area contributed by atoms with Crippen LogP contribution >= 0.6 is 11.8 Å². The Hall–Kier alpha value is -1.61. The molecular weight excluding hydrogens is 316 g/mol. The highest BCUT2D eigenvalue weighted by Crippen LogP contribution is 2.13. The van der Waals surface area contributed by atoms with Crippen LogP contribution in [-0.4, -0.2) is 54.2 Å². The fourth-order valence-electron chi connectivity index (χ4n) is 1.40. The minimum Gasteiger partial charge on any atom is -0.480 e. The molecular formula is C12H16N2O5S2. The van der Waals surface area contributed by atoms with E-state index in [2.05, 4.69) is 10.3 Å². The zero-order valence-electron chi connectivity index (χ0n) is 11.4. The number of carbonyl (C=O) groups is 2. The summed E-state index contributed by atoms with van der Waals surface area (Å²) in [4.78, 5) is 26.7. The number of pyridine rings is 1. The molecule has 116 valence electrons. The van der Waals surface area contributed by atoms with Gasteiger partial charge in [0.15, 0.2) is 0 Å². The second kappa shape index (κ2) is 7.99. The Bertz CT molecular complexity index is 589. The number of amides is 1. The summed E-state index contributed by atoms with van der Waals surface area (Å²) in [7, 11) is -3.27. The number of carboxylic acid groups (broad SMARTS) is 1. The smallest absolute Gasteiger partial charge is 0.326 e. The summed E-state index contributed by atoms with van der Waals surface area (Å²) in [5.74, 6) is -2.02. The largest absolute Gasteiger partial charge is 0.480 e. The summed E-state index contributed by atoms with van der Waals surface area (Å²) < 4.78 is 22.1. The number of carbonyl (C=O) groups excluding carboxylic acids is 1. The number of aliphatic carboxylic acids is 1. The molecule has 1 amide bonds. The number of nitrogens with zero attached hydrogens (tertiary/aromatic N) is 1. The summed E-state index contributed by atoms with van der Waals surface area (Å²) in [5, 5.41) is 11.9. The van der Waals surface area contributed by atoms with Crippen LogP contribution in [0.3, 0.4) is 0 Å². The van der Waals surface area contributed by atoms with Gasteiger partial charge in [0.1, 0.15) is 15.9 Å². The van der Waals surface area contributed by atoms with E-state index >= 15 is 0 Å². The van der Waals surface area contributed by atoms with Crippen LogP contribution in [0, 0.1) is 0 Å². The SMILES string of the molecule is CS(=O)(=O)CCC(NC(=O)CSc1ccccn1)C(=O)O. The summed E-state index contributed by atoms with van der Waals surface area (Å²) >= 11 is 1.17. The molecule has 0 aliphatic heterocycles. The average molecular weight is 332 g/mol. The lowest BCUT2D eigenvalue weighted by molar-refractivity contribution is -0.141. The average Bonchev–Trinajstić information content (AvgIpc) is 2.41. The molecule has 0 radical (unpaired) electrons. The van der Waals surface area contributed by atoms with Gasteiger partial charge in [0.05, 0.1) is 16.5 Å². The van der Waals surface area contributed by atoms with Crippen LogP contribution in [-0.2, 0) is 19.4 Å². The van der Waals surface area contributed by atoms with Crippen LogP contribution in [0.25, 0.3) is 0 Å². The van der Waals surface area contributed by atoms with Crippen molar-refractivity contribution in [3.63, 3.8) is 0 Å². The summed E-state index contributed by atoms with van der Waals surface area (Å²) in [6.07, 6.45) is 2.45. The van der Waals surface area contributed by atoms with Gasteiger partial charge in [-0.2, -0.15) is 0 Å². The maximum absolute atomic E-state index is 11.7. The van der Waals surface area contributed by atoms with Crippen LogP contribution < -0.4 is 5.32 Å². The highest BCUT2D eigenvalue weighted by atomic mass is 32.2. The van der Waals surface area contributed by atoms with E-state index in [-0.39, 0.29) is 17.9 Å². The summed E-state index contributed by atoms with van der Waals surface area (Å²) in [5.41, 5.74) is 0. The number of hydrogen-bond donors (Lipinski definition) is 2. The maximum atomic E-state index is 11.7. The molecule has 1 unspecified atom stereocenters. The van der Waals surface area contributed by atoms with Crippen molar-refractivity contribution >= 4 is 33.5 Å². The Morgan fingerprint density at radius 3 is 2.67 bits per heavy atom. The number of carboxylic acids is 1. The molecule has 0 aliphatic carbocycles. The Morgan fingerprint density at radius 2 is 2.14 bits per heavy atom. The van der Waals surface area contributed by atoms with Gasteiger partial charge in [0, 0.05) is 12.5 Å². The lowest BCUT2D eigenvalue weighted by Gasteiger charge is -2.13. The second-order valence-corrected chi connectivity index (χ2v) is 7.59. The molecule has 1 heterocycles. The van der Waals surface area contributed by atoms with Crippen LogP contribution in [0.1, 0.15) is 6.42 Å². The van der Waals surface area contributed by atoms with Gasteiger partial charge in [0.25, 0.3) is 0 Å². The van der Waals surface area contributed by atoms with Crippen LogP contribution in [0.4, 0.5) is 0 Å². The molecule has 21 heavy (non-hydrogen) atoms. The molecule has 0 bridgehead atoms. The molecule has 1 aromatic rings. The molecule has 0 spiro atoms. The predicted octanol–water partition coefficient (Wildman–Crippen LogP) is 0.178. The summed E-state index contributed by atoms with van der Waals surface area (Å²) in [6.45, 7) is 0. The standard InChI is InChI=1S/C12H16N2O5S2/c1-21(18,19)7-5-9(12(16)17)14-10(15)8-20-11-4-2-3-6-13-11/h2-4,6,9H,5,7-8H2,1H3,(H,14,15)(H,16,17). The zero-order valence-corrected chi connectivity index (χ0v) is 13.0. The first-order valence-corrected chi connectivity index (χ1v) is 9.06. The van der Waals surface area contributed by atoms with Gasteiger partial charge >= 0.3 is 5.97 Å². The third kappa shape index (κ3) is 7.66. The minimum absolute atomic E-state index is 0.0136. The van der Waals surface area contributed by atoms with E-state index in [1.165, 1.54) is 11.8 Å².